The molecule has 10 N–H and O–H groups in total. The average molecular weight is 1520 g/mol. The molecule has 110 heavy (non-hydrogen) atoms. The number of hydrogen-bond donors (Lipinski definition) is 7. The molecule has 0 radical (unpaired) electrons. The molecule has 12 aromatic rings. The highest BCUT2D eigenvalue weighted by Gasteiger charge is 2.57. The van der Waals surface area contributed by atoms with Crippen LogP contribution in [0.1, 0.15) is 127 Å². The van der Waals surface area contributed by atoms with Crippen LogP contribution in [-0.2, 0) is 34.7 Å². The zero-order valence-electron chi connectivity index (χ0n) is 62.1. The smallest absolute Gasteiger partial charge is 0.493 e. The molecular formula is C75H85N21O13P+. The highest BCUT2D eigenvalue weighted by molar-refractivity contribution is 7.55. The molecule has 0 aliphatic carbocycles. The summed E-state index contributed by atoms with van der Waals surface area (Å²) in [6, 6.07) is 28.6. The van der Waals surface area contributed by atoms with Gasteiger partial charge in [-0.1, -0.05) is 0 Å². The number of nitrogens with two attached hydrogens (primary N) is 3. The molecule has 3 aliphatic rings. The van der Waals surface area contributed by atoms with Gasteiger partial charge in [-0.15, -0.1) is 13.6 Å². The second kappa shape index (κ2) is 29.5. The Bertz CT molecular complexity index is 4900. The van der Waals surface area contributed by atoms with Crippen LogP contribution in [0, 0.1) is 0 Å². The monoisotopic (exact) mass is 1520 g/mol. The number of fused-ring (bicyclic) bond motifs is 3. The first kappa shape index (κ1) is 73.5. The molecule has 9 aromatic heterocycles. The number of carbonyl (C=O) groups is 3. The molecule has 3 aromatic carbocycles. The summed E-state index contributed by atoms with van der Waals surface area (Å²) in [4.78, 5) is 84.5. The lowest BCUT2D eigenvalue weighted by Gasteiger charge is -2.37. The summed E-state index contributed by atoms with van der Waals surface area (Å²) in [5.41, 5.74) is 23.7. The Morgan fingerprint density at radius 3 is 0.982 bits per heavy atom. The lowest BCUT2D eigenvalue weighted by molar-refractivity contribution is -0.0726. The average Bonchev–Trinajstić information content (AvgIpc) is 1.43. The van der Waals surface area contributed by atoms with Crippen molar-refractivity contribution in [1.82, 2.24) is 59.2 Å². The lowest BCUT2D eigenvalue weighted by Crippen LogP contribution is -2.45. The van der Waals surface area contributed by atoms with Crippen LogP contribution in [0.4, 0.5) is 52.2 Å². The third kappa shape index (κ3) is 16.7. The van der Waals surface area contributed by atoms with Crippen LogP contribution in [0.2, 0.25) is 0 Å². The minimum Gasteiger partial charge on any atom is -0.493 e. The van der Waals surface area contributed by atoms with Crippen molar-refractivity contribution in [3.63, 3.8) is 0 Å². The number of carbonyl (C=O) groups excluding carboxylic acids is 3. The van der Waals surface area contributed by atoms with Crippen molar-refractivity contribution in [2.24, 2.45) is 38.3 Å². The van der Waals surface area contributed by atoms with Gasteiger partial charge in [0.1, 0.15) is 50.6 Å². The molecule has 0 spiro atoms. The first-order chi connectivity index (χ1) is 52.5. The SMILES string of the molecule is Cn1cc(Nc2ccc(C3CN(c4nc5ccc(OCCC(C)(C)O[P+](O)(OC(C)(C)CCOc6ccc7nc(N8CC(c9ccc(Nc%10cnn(C)c%10)c(C(N)=O)n9)C8)oc7c6)OC(C)(C)CCOc6ccc7nc(N8CC(c9ccc(Nc%10cnn(C)c%10)c(C(N)=O)n9)C8)oc7c6)cc5o4)C3)nc2C(N)=O)cn1. The number of anilines is 9. The molecule has 572 valence electrons. The summed E-state index contributed by atoms with van der Waals surface area (Å²) in [5, 5.41) is 22.1. The van der Waals surface area contributed by atoms with Crippen LogP contribution < -0.4 is 62.1 Å². The quantitative estimate of drug-likeness (QED) is 0.0188. The van der Waals surface area contributed by atoms with Gasteiger partial charge in [-0.3, -0.25) is 28.4 Å². The van der Waals surface area contributed by atoms with Gasteiger partial charge in [-0.2, -0.15) is 35.1 Å². The van der Waals surface area contributed by atoms with E-state index in [0.717, 1.165) is 17.1 Å². The van der Waals surface area contributed by atoms with Gasteiger partial charge in [0, 0.05) is 151 Å². The highest BCUT2D eigenvalue weighted by Crippen LogP contribution is 2.66. The van der Waals surface area contributed by atoms with Gasteiger partial charge in [0.25, 0.3) is 35.8 Å². The van der Waals surface area contributed by atoms with Gasteiger partial charge in [0.05, 0.1) is 72.5 Å². The van der Waals surface area contributed by atoms with Crippen molar-refractivity contribution in [2.45, 2.75) is 95.4 Å². The molecule has 12 heterocycles. The van der Waals surface area contributed by atoms with Crippen molar-refractivity contribution in [3.8, 4) is 17.2 Å². The fourth-order valence-corrected chi connectivity index (χ4v) is 15.3. The van der Waals surface area contributed by atoms with Gasteiger partial charge in [0.2, 0.25) is 0 Å². The van der Waals surface area contributed by atoms with E-state index in [2.05, 4.69) is 46.2 Å². The number of amides is 3. The van der Waals surface area contributed by atoms with Crippen molar-refractivity contribution < 1.29 is 60.3 Å². The molecule has 0 bridgehead atoms. The number of benzene rings is 3. The van der Waals surface area contributed by atoms with E-state index in [0.29, 0.717) is 142 Å². The molecule has 0 atom stereocenters. The van der Waals surface area contributed by atoms with E-state index < -0.39 is 42.7 Å². The van der Waals surface area contributed by atoms with E-state index in [1.54, 1.807) is 109 Å². The number of aryl methyl sites for hydroxylation is 3. The number of nitrogens with one attached hydrogen (secondary N) is 3. The molecule has 0 unspecified atom stereocenters. The summed E-state index contributed by atoms with van der Waals surface area (Å²) in [6.07, 6.45) is 11.2. The first-order valence-electron chi connectivity index (χ1n) is 35.8. The Morgan fingerprint density at radius 2 is 0.727 bits per heavy atom. The van der Waals surface area contributed by atoms with E-state index in [4.69, 9.17) is 73.2 Å². The Morgan fingerprint density at radius 1 is 0.445 bits per heavy atom. The van der Waals surface area contributed by atoms with Crippen LogP contribution in [-0.4, -0.2) is 158 Å². The van der Waals surface area contributed by atoms with E-state index in [9.17, 15) is 19.3 Å². The molecule has 3 aliphatic heterocycles. The number of oxazole rings is 3. The van der Waals surface area contributed by atoms with Gasteiger partial charge in [0.15, 0.2) is 33.8 Å². The second-order valence-electron chi connectivity index (χ2n) is 29.6. The van der Waals surface area contributed by atoms with Crippen LogP contribution in [0.3, 0.4) is 0 Å². The van der Waals surface area contributed by atoms with Gasteiger partial charge in [-0.25, -0.2) is 15.0 Å². The molecule has 3 fully saturated rings. The molecule has 34 nitrogen and oxygen atoms in total. The molecule has 3 amide bonds. The maximum absolute atomic E-state index is 12.8. The lowest BCUT2D eigenvalue weighted by atomic mass is 9.96. The van der Waals surface area contributed by atoms with Crippen molar-refractivity contribution >= 4 is 111 Å². The van der Waals surface area contributed by atoms with Crippen molar-refractivity contribution in [1.29, 1.82) is 0 Å². The molecule has 35 heteroatoms. The predicted molar refractivity (Wildman–Crippen MR) is 410 cm³/mol. The van der Waals surface area contributed by atoms with Crippen molar-refractivity contribution in [2.75, 3.05) is 89.7 Å². The van der Waals surface area contributed by atoms with Crippen LogP contribution in [0.15, 0.2) is 141 Å². The molecular weight excluding hydrogens is 1430 g/mol. The maximum Gasteiger partial charge on any atom is 0.574 e. The Kier molecular flexibility index (Phi) is 19.8. The predicted octanol–water partition coefficient (Wildman–Crippen LogP) is 10.6. The molecule has 15 rings (SSSR count). The zero-order chi connectivity index (χ0) is 77.0. The Labute approximate surface area is 631 Å². The maximum atomic E-state index is 12.8. The summed E-state index contributed by atoms with van der Waals surface area (Å²) < 4.78 is 62.8. The first-order valence-corrected chi connectivity index (χ1v) is 37.3. The number of pyridine rings is 3. The van der Waals surface area contributed by atoms with E-state index in [-0.39, 0.29) is 73.9 Å². The summed E-state index contributed by atoms with van der Waals surface area (Å²) in [6.45, 7) is 14.8. The number of nitrogens with zero attached hydrogens (tertiary/aromatic N) is 15. The number of primary amides is 3. The number of hydrogen-bond acceptors (Lipinski definition) is 28. The fourth-order valence-electron chi connectivity index (χ4n) is 13.1. The Balaban J connectivity index is 0.573. The topological polar surface area (TPSA) is 421 Å². The zero-order valence-corrected chi connectivity index (χ0v) is 63.0. The number of ether oxygens (including phenoxy) is 3. The summed E-state index contributed by atoms with van der Waals surface area (Å²) in [5.74, 6) is -0.334. The fraction of sp³-hybridized carbons (Fsp3) is 0.360. The molecule has 3 saturated heterocycles. The number of rotatable bonds is 33. The summed E-state index contributed by atoms with van der Waals surface area (Å²) >= 11 is 0. The number of aromatic nitrogens is 12. The van der Waals surface area contributed by atoms with E-state index >= 15 is 0 Å². The van der Waals surface area contributed by atoms with Gasteiger partial charge < -0.3 is 75.3 Å². The third-order valence-electron chi connectivity index (χ3n) is 19.2. The largest absolute Gasteiger partial charge is 0.574 e. The second-order valence-corrected chi connectivity index (χ2v) is 31.1. The van der Waals surface area contributed by atoms with E-state index in [1.165, 1.54) is 0 Å². The highest BCUT2D eigenvalue weighted by atomic mass is 31.2. The standard InChI is InChI=1S/C75H84N21O13P/c1-73(2,22-25-101-49-10-13-55-61(28-49)104-70(88-55)94-34-43(35-94)52-16-19-58(64(85-52)67(76)97)82-46-31-79-91(7)40-46)107-110(100,108-74(3,4)23-26-102-50-11-14-56-62(29-50)105-71(89-56)95-36-44(37-95)53-17-20-59(65(86-53)68(77)98)83-47-32-80-92(8)41-47)109-75(5,6)24-27-103-51-12-15-57-63(30-51)106-72(90-57)96-38-45(39-96)54-18-21-60(66(87-54)69(78)99)84-48-33-81-93(9)42-48/h10-21,28-33,40-45,100H,22-27,34-39H2,1-9H3,(H8-,76,77,78,82,83,84,97,98,99)/p+1. The van der Waals surface area contributed by atoms with Gasteiger partial charge in [-0.05, 0) is 114 Å². The molecule has 0 saturated carbocycles. The normalized spacial score (nSPS) is 14.6. The Hall–Kier alpha value is -12.0. The van der Waals surface area contributed by atoms with Crippen LogP contribution in [0.25, 0.3) is 33.3 Å². The van der Waals surface area contributed by atoms with E-state index in [1.807, 2.05) is 111 Å². The minimum absolute atomic E-state index is 0.00397. The van der Waals surface area contributed by atoms with Gasteiger partial charge >= 0.3 is 8.17 Å². The minimum atomic E-state index is -4.26. The third-order valence-corrected chi connectivity index (χ3v) is 21.3. The van der Waals surface area contributed by atoms with Crippen molar-refractivity contribution in [3.05, 3.63) is 162 Å². The summed E-state index contributed by atoms with van der Waals surface area (Å²) in [7, 11) is 1.14. The van der Waals surface area contributed by atoms with Crippen LogP contribution in [0.5, 0.6) is 17.2 Å². The van der Waals surface area contributed by atoms with Crippen LogP contribution >= 0.6 is 8.17 Å².